The number of halogens is 2. The molecule has 1 aromatic heterocycles. The zero-order valence-corrected chi connectivity index (χ0v) is 16.2. The maximum atomic E-state index is 11.8. The monoisotopic (exact) mass is 398 g/mol. The Hall–Kier alpha value is -2.25. The molecule has 26 heavy (non-hydrogen) atoms. The highest BCUT2D eigenvalue weighted by molar-refractivity contribution is 6.40. The molecule has 0 unspecified atom stereocenters. The molecule has 0 fully saturated rings. The standard InChI is InChI=1S/C17H20Cl2N4O3/c1-17(2,3)12-6-4-11(5-7-12)9-26-16(25)22-21-13(24)8-23-10-20-14(18)15(23)19/h4-7,10H,8-9H2,1-3H3,(H,21,24)(H,22,25). The highest BCUT2D eigenvalue weighted by atomic mass is 35.5. The number of benzene rings is 1. The average molecular weight is 399 g/mol. The van der Waals surface area contributed by atoms with Crippen LogP contribution in [0.3, 0.4) is 0 Å². The molecule has 2 aromatic rings. The number of hydrogen-bond donors (Lipinski definition) is 2. The Morgan fingerprint density at radius 1 is 1.15 bits per heavy atom. The summed E-state index contributed by atoms with van der Waals surface area (Å²) in [5.74, 6) is -0.507. The topological polar surface area (TPSA) is 85.3 Å². The van der Waals surface area contributed by atoms with Crippen molar-refractivity contribution in [3.05, 3.63) is 52.0 Å². The van der Waals surface area contributed by atoms with Gasteiger partial charge in [-0.15, -0.1) is 0 Å². The number of rotatable bonds is 4. The van der Waals surface area contributed by atoms with Gasteiger partial charge in [-0.3, -0.25) is 10.2 Å². The molecule has 0 saturated heterocycles. The summed E-state index contributed by atoms with van der Waals surface area (Å²) in [5, 5.41) is 0.243. The lowest BCUT2D eigenvalue weighted by Crippen LogP contribution is -2.43. The Kier molecular flexibility index (Phi) is 6.50. The van der Waals surface area contributed by atoms with Gasteiger partial charge in [-0.2, -0.15) is 0 Å². The first-order valence-electron chi connectivity index (χ1n) is 7.84. The summed E-state index contributed by atoms with van der Waals surface area (Å²) >= 11 is 11.5. The third-order valence-corrected chi connectivity index (χ3v) is 4.31. The number of carbonyl (C=O) groups excluding carboxylic acids is 2. The molecule has 1 heterocycles. The molecule has 2 amide bonds. The quantitative estimate of drug-likeness (QED) is 0.772. The molecular formula is C17H20Cl2N4O3. The number of hydrazine groups is 1. The second-order valence-corrected chi connectivity index (χ2v) is 7.37. The van der Waals surface area contributed by atoms with Gasteiger partial charge >= 0.3 is 6.09 Å². The van der Waals surface area contributed by atoms with E-state index in [0.717, 1.165) is 5.56 Å². The Balaban J connectivity index is 1.75. The van der Waals surface area contributed by atoms with Gasteiger partial charge in [-0.05, 0) is 16.5 Å². The number of hydrogen-bond acceptors (Lipinski definition) is 4. The molecule has 0 saturated carbocycles. The average Bonchev–Trinajstić information content (AvgIpc) is 2.90. The lowest BCUT2D eigenvalue weighted by molar-refractivity contribution is -0.122. The minimum atomic E-state index is -0.770. The van der Waals surface area contributed by atoms with Gasteiger partial charge in [0.15, 0.2) is 5.15 Å². The van der Waals surface area contributed by atoms with E-state index in [2.05, 4.69) is 36.6 Å². The first-order chi connectivity index (χ1) is 12.2. The van der Waals surface area contributed by atoms with Gasteiger partial charge in [0, 0.05) is 0 Å². The van der Waals surface area contributed by atoms with Crippen molar-refractivity contribution in [3.8, 4) is 0 Å². The summed E-state index contributed by atoms with van der Waals surface area (Å²) in [5.41, 5.74) is 6.48. The summed E-state index contributed by atoms with van der Waals surface area (Å²) in [6, 6.07) is 7.80. The molecule has 140 valence electrons. The van der Waals surface area contributed by atoms with Crippen LogP contribution in [0.4, 0.5) is 4.79 Å². The van der Waals surface area contributed by atoms with Crippen LogP contribution in [0, 0.1) is 0 Å². The van der Waals surface area contributed by atoms with Crippen molar-refractivity contribution >= 4 is 35.2 Å². The lowest BCUT2D eigenvalue weighted by atomic mass is 9.87. The van der Waals surface area contributed by atoms with E-state index < -0.39 is 12.0 Å². The maximum Gasteiger partial charge on any atom is 0.426 e. The number of imidazole rings is 1. The second kappa shape index (κ2) is 8.42. The van der Waals surface area contributed by atoms with Crippen LogP contribution in [0.15, 0.2) is 30.6 Å². The minimum absolute atomic E-state index is 0.0589. The predicted molar refractivity (Wildman–Crippen MR) is 98.9 cm³/mol. The molecule has 2 N–H and O–H groups in total. The van der Waals surface area contributed by atoms with E-state index >= 15 is 0 Å². The zero-order valence-electron chi connectivity index (χ0n) is 14.7. The number of aromatic nitrogens is 2. The normalized spacial score (nSPS) is 11.1. The van der Waals surface area contributed by atoms with Crippen LogP contribution in [0.5, 0.6) is 0 Å². The molecule has 7 nitrogen and oxygen atoms in total. The van der Waals surface area contributed by atoms with Crippen molar-refractivity contribution in [1.29, 1.82) is 0 Å². The zero-order chi connectivity index (χ0) is 19.3. The van der Waals surface area contributed by atoms with Crippen LogP contribution in [0.1, 0.15) is 31.9 Å². The molecule has 0 aliphatic heterocycles. The second-order valence-electron chi connectivity index (χ2n) is 6.65. The summed E-state index contributed by atoms with van der Waals surface area (Å²) in [6.45, 7) is 6.32. The number of carbonyl (C=O) groups is 2. The van der Waals surface area contributed by atoms with Crippen molar-refractivity contribution in [2.24, 2.45) is 0 Å². The van der Waals surface area contributed by atoms with E-state index in [1.165, 1.54) is 16.5 Å². The number of ether oxygens (including phenoxy) is 1. The predicted octanol–water partition coefficient (Wildman–Crippen LogP) is 3.45. The van der Waals surface area contributed by atoms with Crippen molar-refractivity contribution in [3.63, 3.8) is 0 Å². The summed E-state index contributed by atoms with van der Waals surface area (Å²) in [7, 11) is 0. The van der Waals surface area contributed by atoms with E-state index in [4.69, 9.17) is 27.9 Å². The molecule has 0 radical (unpaired) electrons. The van der Waals surface area contributed by atoms with Crippen LogP contribution in [-0.2, 0) is 28.1 Å². The minimum Gasteiger partial charge on any atom is -0.443 e. The van der Waals surface area contributed by atoms with Crippen molar-refractivity contribution in [2.45, 2.75) is 39.3 Å². The van der Waals surface area contributed by atoms with Gasteiger partial charge in [-0.25, -0.2) is 15.2 Å². The van der Waals surface area contributed by atoms with Crippen LogP contribution in [0.25, 0.3) is 0 Å². The van der Waals surface area contributed by atoms with E-state index in [1.54, 1.807) is 0 Å². The Morgan fingerprint density at radius 2 is 1.81 bits per heavy atom. The molecule has 9 heteroatoms. The third kappa shape index (κ3) is 5.64. The number of nitrogens with one attached hydrogen (secondary N) is 2. The van der Waals surface area contributed by atoms with Gasteiger partial charge in [0.25, 0.3) is 5.91 Å². The Labute approximate surface area is 161 Å². The van der Waals surface area contributed by atoms with Crippen molar-refractivity contribution in [1.82, 2.24) is 20.4 Å². The summed E-state index contributed by atoms with van der Waals surface area (Å²) in [6.07, 6.45) is 0.553. The molecule has 0 aliphatic carbocycles. The molecule has 0 spiro atoms. The largest absolute Gasteiger partial charge is 0.443 e. The Morgan fingerprint density at radius 3 is 2.35 bits per heavy atom. The number of nitrogens with zero attached hydrogens (tertiary/aromatic N) is 2. The van der Waals surface area contributed by atoms with Crippen LogP contribution >= 0.6 is 23.2 Å². The molecular weight excluding hydrogens is 379 g/mol. The summed E-state index contributed by atoms with van der Waals surface area (Å²) < 4.78 is 6.39. The molecule has 2 rings (SSSR count). The van der Waals surface area contributed by atoms with Gasteiger partial charge in [0.1, 0.15) is 18.3 Å². The molecule has 0 atom stereocenters. The smallest absolute Gasteiger partial charge is 0.426 e. The van der Waals surface area contributed by atoms with Crippen LogP contribution in [-0.4, -0.2) is 21.6 Å². The highest BCUT2D eigenvalue weighted by Crippen LogP contribution is 2.22. The summed E-state index contributed by atoms with van der Waals surface area (Å²) in [4.78, 5) is 27.2. The van der Waals surface area contributed by atoms with E-state index in [1.807, 2.05) is 24.3 Å². The van der Waals surface area contributed by atoms with Crippen LogP contribution < -0.4 is 10.9 Å². The number of amides is 2. The fourth-order valence-electron chi connectivity index (χ4n) is 2.05. The van der Waals surface area contributed by atoms with Gasteiger partial charge in [0.05, 0.1) is 6.33 Å². The molecule has 0 bridgehead atoms. The van der Waals surface area contributed by atoms with Gasteiger partial charge < -0.3 is 9.30 Å². The van der Waals surface area contributed by atoms with Gasteiger partial charge in [-0.1, -0.05) is 68.2 Å². The van der Waals surface area contributed by atoms with Crippen LogP contribution in [0.2, 0.25) is 10.3 Å². The fourth-order valence-corrected chi connectivity index (χ4v) is 2.36. The van der Waals surface area contributed by atoms with E-state index in [0.29, 0.717) is 0 Å². The highest BCUT2D eigenvalue weighted by Gasteiger charge is 2.13. The van der Waals surface area contributed by atoms with Crippen molar-refractivity contribution < 1.29 is 14.3 Å². The Bertz CT molecular complexity index is 782. The maximum absolute atomic E-state index is 11.8. The van der Waals surface area contributed by atoms with Crippen molar-refractivity contribution in [2.75, 3.05) is 0 Å². The first-order valence-corrected chi connectivity index (χ1v) is 8.59. The lowest BCUT2D eigenvalue weighted by Gasteiger charge is -2.19. The van der Waals surface area contributed by atoms with E-state index in [9.17, 15) is 9.59 Å². The first kappa shape index (κ1) is 20.1. The molecule has 1 aromatic carbocycles. The SMILES string of the molecule is CC(C)(C)c1ccc(COC(=O)NNC(=O)Cn2cnc(Cl)c2Cl)cc1. The third-order valence-electron chi connectivity index (χ3n) is 3.54. The van der Waals surface area contributed by atoms with E-state index in [-0.39, 0.29) is 28.9 Å². The fraction of sp³-hybridized carbons (Fsp3) is 0.353. The molecule has 0 aliphatic rings. The van der Waals surface area contributed by atoms with Gasteiger partial charge in [0.2, 0.25) is 0 Å².